The minimum atomic E-state index is -0.205. The summed E-state index contributed by atoms with van der Waals surface area (Å²) in [5.74, 6) is -0.205. The number of carbonyl (C=O) groups is 1. The van der Waals surface area contributed by atoms with Gasteiger partial charge in [0.25, 0.3) is 0 Å². The zero-order chi connectivity index (χ0) is 15.9. The first-order valence-corrected chi connectivity index (χ1v) is 7.75. The topological polar surface area (TPSA) is 38.8 Å². The standard InChI is InChI=1S/C16H25FN4O/c1-19(2)9-5-8-18-16(22)21-12-10-20(11-13-21)15-7-4-3-6-14(15)17/h3-4,6-7H,5,8-13H2,1-2H3,(H,18,22). The number of carbonyl (C=O) groups excluding carboxylic acids is 1. The van der Waals surface area contributed by atoms with E-state index in [9.17, 15) is 9.18 Å². The maximum absolute atomic E-state index is 13.8. The van der Waals surface area contributed by atoms with Crippen LogP contribution in [0.2, 0.25) is 0 Å². The van der Waals surface area contributed by atoms with Gasteiger partial charge in [0.15, 0.2) is 0 Å². The number of para-hydroxylation sites is 1. The molecule has 1 heterocycles. The number of hydrogen-bond donors (Lipinski definition) is 1. The van der Waals surface area contributed by atoms with E-state index in [4.69, 9.17) is 0 Å². The van der Waals surface area contributed by atoms with Crippen LogP contribution in [0.15, 0.2) is 24.3 Å². The quantitative estimate of drug-likeness (QED) is 0.840. The fraction of sp³-hybridized carbons (Fsp3) is 0.562. The van der Waals surface area contributed by atoms with Gasteiger partial charge in [0.1, 0.15) is 5.82 Å². The van der Waals surface area contributed by atoms with Crippen molar-refractivity contribution in [1.29, 1.82) is 0 Å². The Labute approximate surface area is 131 Å². The molecule has 1 fully saturated rings. The highest BCUT2D eigenvalue weighted by Gasteiger charge is 2.22. The number of piperazine rings is 1. The Morgan fingerprint density at radius 2 is 1.91 bits per heavy atom. The van der Waals surface area contributed by atoms with Gasteiger partial charge in [0.05, 0.1) is 5.69 Å². The van der Waals surface area contributed by atoms with Gasteiger partial charge in [-0.2, -0.15) is 0 Å². The molecule has 5 nitrogen and oxygen atoms in total. The van der Waals surface area contributed by atoms with Crippen molar-refractivity contribution < 1.29 is 9.18 Å². The van der Waals surface area contributed by atoms with Gasteiger partial charge in [0.2, 0.25) is 0 Å². The number of nitrogens with zero attached hydrogens (tertiary/aromatic N) is 3. The fourth-order valence-electron chi connectivity index (χ4n) is 2.56. The molecular weight excluding hydrogens is 283 g/mol. The van der Waals surface area contributed by atoms with Crippen LogP contribution in [0.4, 0.5) is 14.9 Å². The molecular formula is C16H25FN4O. The second kappa shape index (κ2) is 7.98. The average molecular weight is 308 g/mol. The summed E-state index contributed by atoms with van der Waals surface area (Å²) in [4.78, 5) is 17.9. The highest BCUT2D eigenvalue weighted by molar-refractivity contribution is 5.74. The third-order valence-corrected chi connectivity index (χ3v) is 3.82. The van der Waals surface area contributed by atoms with E-state index in [1.54, 1.807) is 17.0 Å². The Kier molecular flexibility index (Phi) is 6.00. The van der Waals surface area contributed by atoms with E-state index in [0.29, 0.717) is 38.4 Å². The number of nitrogens with one attached hydrogen (secondary N) is 1. The molecule has 0 radical (unpaired) electrons. The zero-order valence-electron chi connectivity index (χ0n) is 13.4. The lowest BCUT2D eigenvalue weighted by Gasteiger charge is -2.36. The lowest BCUT2D eigenvalue weighted by atomic mass is 10.2. The lowest BCUT2D eigenvalue weighted by molar-refractivity contribution is 0.194. The van der Waals surface area contributed by atoms with Crippen molar-refractivity contribution in [2.45, 2.75) is 6.42 Å². The number of benzene rings is 1. The highest BCUT2D eigenvalue weighted by Crippen LogP contribution is 2.20. The van der Waals surface area contributed by atoms with Gasteiger partial charge in [-0.1, -0.05) is 12.1 Å². The van der Waals surface area contributed by atoms with E-state index in [1.807, 2.05) is 25.1 Å². The van der Waals surface area contributed by atoms with Crippen LogP contribution in [0.1, 0.15) is 6.42 Å². The van der Waals surface area contributed by atoms with E-state index >= 15 is 0 Å². The molecule has 0 aliphatic carbocycles. The molecule has 0 unspecified atom stereocenters. The maximum Gasteiger partial charge on any atom is 0.317 e. The summed E-state index contributed by atoms with van der Waals surface area (Å²) in [6.45, 7) is 4.20. The first-order valence-electron chi connectivity index (χ1n) is 7.75. The molecule has 1 aliphatic rings. The van der Waals surface area contributed by atoms with Gasteiger partial charge in [-0.3, -0.25) is 0 Å². The van der Waals surface area contributed by atoms with Crippen LogP contribution < -0.4 is 10.2 Å². The summed E-state index contributed by atoms with van der Waals surface area (Å²) >= 11 is 0. The third-order valence-electron chi connectivity index (χ3n) is 3.82. The Balaban J connectivity index is 1.75. The first-order chi connectivity index (χ1) is 10.6. The smallest absolute Gasteiger partial charge is 0.317 e. The molecule has 1 aliphatic heterocycles. The van der Waals surface area contributed by atoms with Gasteiger partial charge in [0, 0.05) is 32.7 Å². The van der Waals surface area contributed by atoms with Gasteiger partial charge in [-0.05, 0) is 39.2 Å². The molecule has 2 rings (SSSR count). The summed E-state index contributed by atoms with van der Waals surface area (Å²) in [5.41, 5.74) is 0.619. The van der Waals surface area contributed by atoms with Crippen molar-refractivity contribution in [3.8, 4) is 0 Å². The summed E-state index contributed by atoms with van der Waals surface area (Å²) in [7, 11) is 4.04. The molecule has 2 amide bonds. The monoisotopic (exact) mass is 308 g/mol. The van der Waals surface area contributed by atoms with Crippen LogP contribution in [0.5, 0.6) is 0 Å². The SMILES string of the molecule is CN(C)CCCNC(=O)N1CCN(c2ccccc2F)CC1. The van der Waals surface area contributed by atoms with Crippen molar-refractivity contribution in [1.82, 2.24) is 15.1 Å². The van der Waals surface area contributed by atoms with Gasteiger partial charge in [-0.15, -0.1) is 0 Å². The molecule has 1 N–H and O–H groups in total. The van der Waals surface area contributed by atoms with Crippen LogP contribution in [0.3, 0.4) is 0 Å². The predicted molar refractivity (Wildman–Crippen MR) is 86.8 cm³/mol. The number of halogens is 1. The van der Waals surface area contributed by atoms with Crippen molar-refractivity contribution in [3.63, 3.8) is 0 Å². The van der Waals surface area contributed by atoms with Crippen molar-refractivity contribution >= 4 is 11.7 Å². The van der Waals surface area contributed by atoms with Crippen molar-refractivity contribution in [2.24, 2.45) is 0 Å². The average Bonchev–Trinajstić information content (AvgIpc) is 2.52. The Hall–Kier alpha value is -1.82. The van der Waals surface area contributed by atoms with Gasteiger partial charge in [-0.25, -0.2) is 9.18 Å². The molecule has 0 aromatic heterocycles. The molecule has 1 saturated heterocycles. The van der Waals surface area contributed by atoms with E-state index in [0.717, 1.165) is 13.0 Å². The van der Waals surface area contributed by atoms with Crippen LogP contribution >= 0.6 is 0 Å². The largest absolute Gasteiger partial charge is 0.366 e. The summed E-state index contributed by atoms with van der Waals surface area (Å²) in [6, 6.07) is 6.76. The third kappa shape index (κ3) is 4.59. The molecule has 0 bridgehead atoms. The predicted octanol–water partition coefficient (Wildman–Crippen LogP) is 1.61. The molecule has 0 atom stereocenters. The zero-order valence-corrected chi connectivity index (χ0v) is 13.4. The van der Waals surface area contributed by atoms with Crippen molar-refractivity contribution in [3.05, 3.63) is 30.1 Å². The van der Waals surface area contributed by atoms with Crippen LogP contribution in [-0.4, -0.2) is 69.2 Å². The highest BCUT2D eigenvalue weighted by atomic mass is 19.1. The minimum absolute atomic E-state index is 0.0214. The molecule has 0 saturated carbocycles. The molecule has 1 aromatic carbocycles. The number of hydrogen-bond acceptors (Lipinski definition) is 3. The molecule has 6 heteroatoms. The molecule has 1 aromatic rings. The number of anilines is 1. The van der Waals surface area contributed by atoms with E-state index < -0.39 is 0 Å². The van der Waals surface area contributed by atoms with Crippen molar-refractivity contribution in [2.75, 3.05) is 58.3 Å². The van der Waals surface area contributed by atoms with E-state index in [2.05, 4.69) is 10.2 Å². The number of urea groups is 1. The van der Waals surface area contributed by atoms with Gasteiger partial charge < -0.3 is 20.0 Å². The van der Waals surface area contributed by atoms with E-state index in [1.165, 1.54) is 6.07 Å². The lowest BCUT2D eigenvalue weighted by Crippen LogP contribution is -2.52. The molecule has 22 heavy (non-hydrogen) atoms. The maximum atomic E-state index is 13.8. The normalized spacial score (nSPS) is 15.3. The Morgan fingerprint density at radius 3 is 2.55 bits per heavy atom. The molecule has 122 valence electrons. The Morgan fingerprint density at radius 1 is 1.23 bits per heavy atom. The first kappa shape index (κ1) is 16.5. The van der Waals surface area contributed by atoms with Crippen LogP contribution in [0.25, 0.3) is 0 Å². The second-order valence-electron chi connectivity index (χ2n) is 5.81. The number of rotatable bonds is 5. The molecule has 0 spiro atoms. The minimum Gasteiger partial charge on any atom is -0.366 e. The van der Waals surface area contributed by atoms with Gasteiger partial charge >= 0.3 is 6.03 Å². The summed E-state index contributed by atoms with van der Waals surface area (Å²) in [6.07, 6.45) is 0.938. The van der Waals surface area contributed by atoms with Crippen LogP contribution in [-0.2, 0) is 0 Å². The summed E-state index contributed by atoms with van der Waals surface area (Å²) < 4.78 is 13.8. The Bertz CT molecular complexity index is 487. The summed E-state index contributed by atoms with van der Waals surface area (Å²) in [5, 5.41) is 2.94. The fourth-order valence-corrected chi connectivity index (χ4v) is 2.56. The second-order valence-corrected chi connectivity index (χ2v) is 5.81. The van der Waals surface area contributed by atoms with E-state index in [-0.39, 0.29) is 11.8 Å². The number of amides is 2. The van der Waals surface area contributed by atoms with Crippen LogP contribution in [0, 0.1) is 5.82 Å².